The third kappa shape index (κ3) is 4.16. The molecular formula is C16H26N4O3S. The number of carbonyl (C=O) groups excluding carboxylic acids is 1. The lowest BCUT2D eigenvalue weighted by molar-refractivity contribution is -0.122. The molecule has 1 amide bonds. The Morgan fingerprint density at radius 2 is 1.79 bits per heavy atom. The van der Waals surface area contributed by atoms with Crippen LogP contribution in [0.4, 0.5) is 0 Å². The first kappa shape index (κ1) is 17.4. The Hall–Kier alpha value is -1.41. The maximum Gasteiger partial charge on any atom is 0.262 e. The number of rotatable bonds is 5. The second-order valence-electron chi connectivity index (χ2n) is 6.75. The van der Waals surface area contributed by atoms with Crippen LogP contribution in [-0.4, -0.2) is 47.3 Å². The lowest BCUT2D eigenvalue weighted by atomic mass is 10.1. The Morgan fingerprint density at radius 3 is 2.46 bits per heavy atom. The molecule has 134 valence electrons. The minimum atomic E-state index is -3.52. The van der Waals surface area contributed by atoms with Crippen molar-refractivity contribution in [2.24, 2.45) is 0 Å². The molecule has 1 N–H and O–H groups in total. The molecule has 0 radical (unpaired) electrons. The second kappa shape index (κ2) is 7.65. The van der Waals surface area contributed by atoms with Gasteiger partial charge in [0.05, 0.1) is 6.33 Å². The van der Waals surface area contributed by atoms with Crippen molar-refractivity contribution in [2.45, 2.75) is 69.0 Å². The summed E-state index contributed by atoms with van der Waals surface area (Å²) in [5, 5.41) is 3.10. The quantitative estimate of drug-likeness (QED) is 0.812. The minimum absolute atomic E-state index is 0.0340. The van der Waals surface area contributed by atoms with Crippen LogP contribution in [0.15, 0.2) is 17.6 Å². The summed E-state index contributed by atoms with van der Waals surface area (Å²) in [5.74, 6) is -0.0792. The third-order valence-electron chi connectivity index (χ3n) is 4.83. The summed E-state index contributed by atoms with van der Waals surface area (Å²) in [7, 11) is -3.52. The summed E-state index contributed by atoms with van der Waals surface area (Å²) in [4.78, 5) is 16.2. The van der Waals surface area contributed by atoms with Crippen molar-refractivity contribution < 1.29 is 13.2 Å². The molecular weight excluding hydrogens is 328 g/mol. The van der Waals surface area contributed by atoms with Gasteiger partial charge in [-0.25, -0.2) is 13.4 Å². The summed E-state index contributed by atoms with van der Waals surface area (Å²) in [6.07, 6.45) is 11.5. The van der Waals surface area contributed by atoms with Gasteiger partial charge in [0.15, 0.2) is 5.03 Å². The summed E-state index contributed by atoms with van der Waals surface area (Å²) < 4.78 is 27.9. The first-order chi connectivity index (χ1) is 11.6. The Morgan fingerprint density at radius 1 is 1.12 bits per heavy atom. The van der Waals surface area contributed by atoms with E-state index in [0.717, 1.165) is 38.5 Å². The van der Waals surface area contributed by atoms with Gasteiger partial charge in [-0.1, -0.05) is 25.7 Å². The van der Waals surface area contributed by atoms with E-state index in [2.05, 4.69) is 10.3 Å². The van der Waals surface area contributed by atoms with Crippen LogP contribution in [0, 0.1) is 0 Å². The molecule has 0 unspecified atom stereocenters. The van der Waals surface area contributed by atoms with Gasteiger partial charge in [0, 0.05) is 25.3 Å². The molecule has 7 nitrogen and oxygen atoms in total. The molecule has 1 aromatic rings. The van der Waals surface area contributed by atoms with Crippen LogP contribution in [-0.2, 0) is 21.4 Å². The number of carbonyl (C=O) groups is 1. The molecule has 2 aliphatic rings. The number of hydrogen-bond donors (Lipinski definition) is 1. The zero-order valence-corrected chi connectivity index (χ0v) is 14.8. The summed E-state index contributed by atoms with van der Waals surface area (Å²) in [6, 6.07) is 0.247. The van der Waals surface area contributed by atoms with Gasteiger partial charge in [-0.3, -0.25) is 4.79 Å². The van der Waals surface area contributed by atoms with Crippen LogP contribution in [0.2, 0.25) is 0 Å². The van der Waals surface area contributed by atoms with Gasteiger partial charge in [-0.2, -0.15) is 4.31 Å². The second-order valence-corrected chi connectivity index (χ2v) is 8.64. The van der Waals surface area contributed by atoms with Gasteiger partial charge < -0.3 is 9.88 Å². The summed E-state index contributed by atoms with van der Waals surface area (Å²) in [6.45, 7) is 1.22. The van der Waals surface area contributed by atoms with Crippen LogP contribution in [0.5, 0.6) is 0 Å². The van der Waals surface area contributed by atoms with Crippen LogP contribution in [0.1, 0.15) is 51.4 Å². The maximum atomic E-state index is 12.4. The molecule has 0 aromatic carbocycles. The highest BCUT2D eigenvalue weighted by atomic mass is 32.2. The zero-order chi connectivity index (χ0) is 17.0. The monoisotopic (exact) mass is 354 g/mol. The molecule has 0 bridgehead atoms. The van der Waals surface area contributed by atoms with Crippen molar-refractivity contribution in [2.75, 3.05) is 13.1 Å². The van der Waals surface area contributed by atoms with E-state index in [-0.39, 0.29) is 23.5 Å². The predicted molar refractivity (Wildman–Crippen MR) is 89.9 cm³/mol. The predicted octanol–water partition coefficient (Wildman–Crippen LogP) is 1.51. The van der Waals surface area contributed by atoms with Crippen molar-refractivity contribution in [3.63, 3.8) is 0 Å². The van der Waals surface area contributed by atoms with Crippen molar-refractivity contribution in [3.05, 3.63) is 12.5 Å². The Kier molecular flexibility index (Phi) is 5.55. The van der Waals surface area contributed by atoms with Crippen LogP contribution in [0.3, 0.4) is 0 Å². The van der Waals surface area contributed by atoms with E-state index in [1.165, 1.54) is 29.7 Å². The molecule has 2 fully saturated rings. The van der Waals surface area contributed by atoms with E-state index >= 15 is 0 Å². The third-order valence-corrected chi connectivity index (χ3v) is 6.61. The van der Waals surface area contributed by atoms with Gasteiger partial charge in [-0.15, -0.1) is 0 Å². The molecule has 0 spiro atoms. The molecule has 2 heterocycles. The number of amides is 1. The Labute approximate surface area is 143 Å². The van der Waals surface area contributed by atoms with E-state index in [0.29, 0.717) is 13.1 Å². The molecule has 1 aliphatic carbocycles. The molecule has 3 rings (SSSR count). The van der Waals surface area contributed by atoms with E-state index in [9.17, 15) is 13.2 Å². The number of nitrogens with zero attached hydrogens (tertiary/aromatic N) is 3. The highest BCUT2D eigenvalue weighted by molar-refractivity contribution is 7.89. The van der Waals surface area contributed by atoms with Crippen molar-refractivity contribution in [1.29, 1.82) is 0 Å². The topological polar surface area (TPSA) is 84.3 Å². The van der Waals surface area contributed by atoms with Crippen LogP contribution in [0.25, 0.3) is 0 Å². The van der Waals surface area contributed by atoms with Gasteiger partial charge in [-0.05, 0) is 25.7 Å². The van der Waals surface area contributed by atoms with E-state index in [1.807, 2.05) is 0 Å². The fraction of sp³-hybridized carbons (Fsp3) is 0.750. The molecule has 8 heteroatoms. The standard InChI is InChI=1S/C16H26N4O3S/c21-15(18-14-7-3-1-2-4-8-14)11-19-12-16(17-13-19)24(22,23)20-9-5-6-10-20/h12-14H,1-11H2,(H,18,21). The lowest BCUT2D eigenvalue weighted by Crippen LogP contribution is -2.36. The number of sulfonamides is 1. The Bertz CT molecular complexity index is 657. The average molecular weight is 354 g/mol. The smallest absolute Gasteiger partial charge is 0.262 e. The number of hydrogen-bond acceptors (Lipinski definition) is 4. The lowest BCUT2D eigenvalue weighted by Gasteiger charge is -2.16. The van der Waals surface area contributed by atoms with E-state index in [1.54, 1.807) is 4.57 Å². The van der Waals surface area contributed by atoms with Gasteiger partial charge in [0.2, 0.25) is 5.91 Å². The van der Waals surface area contributed by atoms with Crippen molar-refractivity contribution >= 4 is 15.9 Å². The first-order valence-corrected chi connectivity index (χ1v) is 10.3. The highest BCUT2D eigenvalue weighted by Gasteiger charge is 2.29. The fourth-order valence-electron chi connectivity index (χ4n) is 3.48. The zero-order valence-electron chi connectivity index (χ0n) is 14.0. The number of aromatic nitrogens is 2. The largest absolute Gasteiger partial charge is 0.352 e. The minimum Gasteiger partial charge on any atom is -0.352 e. The van der Waals surface area contributed by atoms with Gasteiger partial charge in [0.25, 0.3) is 10.0 Å². The van der Waals surface area contributed by atoms with Crippen LogP contribution < -0.4 is 5.32 Å². The first-order valence-electron chi connectivity index (χ1n) is 8.87. The normalized spacial score (nSPS) is 20.8. The molecule has 0 atom stereocenters. The Balaban J connectivity index is 1.58. The van der Waals surface area contributed by atoms with E-state index in [4.69, 9.17) is 0 Å². The van der Waals surface area contributed by atoms with Gasteiger partial charge >= 0.3 is 0 Å². The summed E-state index contributed by atoms with van der Waals surface area (Å²) in [5.41, 5.74) is 0. The molecule has 1 saturated carbocycles. The SMILES string of the molecule is O=C(Cn1cnc(S(=O)(=O)N2CCCC2)c1)NC1CCCCCC1. The summed E-state index contributed by atoms with van der Waals surface area (Å²) >= 11 is 0. The highest BCUT2D eigenvalue weighted by Crippen LogP contribution is 2.19. The number of imidazole rings is 1. The molecule has 1 aliphatic heterocycles. The van der Waals surface area contributed by atoms with Crippen LogP contribution >= 0.6 is 0 Å². The van der Waals surface area contributed by atoms with Crippen molar-refractivity contribution in [3.8, 4) is 0 Å². The van der Waals surface area contributed by atoms with E-state index < -0.39 is 10.0 Å². The number of nitrogens with one attached hydrogen (secondary N) is 1. The average Bonchev–Trinajstić information content (AvgIpc) is 3.17. The van der Waals surface area contributed by atoms with Gasteiger partial charge in [0.1, 0.15) is 6.54 Å². The molecule has 1 aromatic heterocycles. The fourth-order valence-corrected chi connectivity index (χ4v) is 4.94. The van der Waals surface area contributed by atoms with Crippen molar-refractivity contribution in [1.82, 2.24) is 19.2 Å². The maximum absolute atomic E-state index is 12.4. The molecule has 1 saturated heterocycles. The molecule has 24 heavy (non-hydrogen) atoms.